The Bertz CT molecular complexity index is 892. The van der Waals surface area contributed by atoms with Gasteiger partial charge in [0.2, 0.25) is 0 Å². The molecule has 4 heterocycles. The van der Waals surface area contributed by atoms with Gasteiger partial charge in [0.25, 0.3) is 0 Å². The molecule has 0 atom stereocenters. The highest BCUT2D eigenvalue weighted by molar-refractivity contribution is 5.46. The molecule has 0 saturated carbocycles. The minimum absolute atomic E-state index is 0.532. The van der Waals surface area contributed by atoms with Crippen LogP contribution in [0.2, 0.25) is 0 Å². The Morgan fingerprint density at radius 2 is 2.00 bits per heavy atom. The van der Waals surface area contributed by atoms with Crippen molar-refractivity contribution >= 4 is 0 Å². The van der Waals surface area contributed by atoms with Gasteiger partial charge in [-0.05, 0) is 23.8 Å². The van der Waals surface area contributed by atoms with E-state index in [-0.39, 0.29) is 0 Å². The van der Waals surface area contributed by atoms with Crippen LogP contribution in [0.25, 0.3) is 11.6 Å². The Morgan fingerprint density at radius 3 is 2.69 bits per heavy atom. The van der Waals surface area contributed by atoms with Crippen LogP contribution in [0.4, 0.5) is 13.2 Å². The molecular formula is C18H15F3N4O. The van der Waals surface area contributed by atoms with Crippen LogP contribution >= 0.6 is 0 Å². The highest BCUT2D eigenvalue weighted by Crippen LogP contribution is 2.27. The van der Waals surface area contributed by atoms with Crippen molar-refractivity contribution in [1.29, 1.82) is 0 Å². The van der Waals surface area contributed by atoms with Crippen molar-refractivity contribution in [2.24, 2.45) is 0 Å². The molecule has 0 amide bonds. The van der Waals surface area contributed by atoms with Gasteiger partial charge in [0.15, 0.2) is 11.6 Å². The molecule has 0 unspecified atom stereocenters. The molecule has 0 fully saturated rings. The normalized spacial score (nSPS) is 15.0. The lowest BCUT2D eigenvalue weighted by atomic mass is 10.1. The standard InChI is InChI=1S/C18H15F3N4O/c19-18(20,21)16-4-3-12(8-22-16)10-25-6-5-14-13(11-25)9-23-17(24-14)15-2-1-7-26-15/h1-4,7-9H,5-6,10-11H2. The molecule has 134 valence electrons. The van der Waals surface area contributed by atoms with Crippen LogP contribution in [-0.2, 0) is 25.7 Å². The van der Waals surface area contributed by atoms with Crippen LogP contribution in [0.15, 0.2) is 47.3 Å². The Morgan fingerprint density at radius 1 is 1.12 bits per heavy atom. The van der Waals surface area contributed by atoms with Crippen molar-refractivity contribution < 1.29 is 17.6 Å². The molecule has 0 saturated heterocycles. The van der Waals surface area contributed by atoms with Crippen molar-refractivity contribution in [1.82, 2.24) is 19.9 Å². The first-order valence-corrected chi connectivity index (χ1v) is 8.12. The minimum atomic E-state index is -4.41. The second-order valence-corrected chi connectivity index (χ2v) is 6.15. The molecule has 26 heavy (non-hydrogen) atoms. The quantitative estimate of drug-likeness (QED) is 0.713. The first kappa shape index (κ1) is 16.7. The smallest absolute Gasteiger partial charge is 0.433 e. The van der Waals surface area contributed by atoms with Gasteiger partial charge in [-0.2, -0.15) is 13.2 Å². The highest BCUT2D eigenvalue weighted by Gasteiger charge is 2.32. The maximum absolute atomic E-state index is 12.6. The van der Waals surface area contributed by atoms with Gasteiger partial charge >= 0.3 is 6.18 Å². The molecule has 3 aromatic rings. The van der Waals surface area contributed by atoms with Gasteiger partial charge in [0.1, 0.15) is 5.69 Å². The minimum Gasteiger partial charge on any atom is -0.461 e. The maximum Gasteiger partial charge on any atom is 0.433 e. The molecule has 5 nitrogen and oxygen atoms in total. The monoisotopic (exact) mass is 360 g/mol. The third-order valence-electron chi connectivity index (χ3n) is 4.28. The van der Waals surface area contributed by atoms with Crippen molar-refractivity contribution in [3.63, 3.8) is 0 Å². The Labute approximate surface area is 147 Å². The molecule has 0 N–H and O–H groups in total. The van der Waals surface area contributed by atoms with Gasteiger partial charge in [-0.25, -0.2) is 9.97 Å². The Balaban J connectivity index is 1.45. The van der Waals surface area contributed by atoms with E-state index >= 15 is 0 Å². The topological polar surface area (TPSA) is 55.1 Å². The van der Waals surface area contributed by atoms with E-state index in [4.69, 9.17) is 4.42 Å². The molecule has 3 aromatic heterocycles. The van der Waals surface area contributed by atoms with E-state index in [2.05, 4.69) is 19.9 Å². The van der Waals surface area contributed by atoms with Crippen molar-refractivity contribution in [2.45, 2.75) is 25.7 Å². The van der Waals surface area contributed by atoms with E-state index < -0.39 is 11.9 Å². The lowest BCUT2D eigenvalue weighted by molar-refractivity contribution is -0.141. The van der Waals surface area contributed by atoms with Gasteiger partial charge in [-0.15, -0.1) is 0 Å². The molecule has 8 heteroatoms. The van der Waals surface area contributed by atoms with Crippen LogP contribution in [-0.4, -0.2) is 26.4 Å². The molecule has 1 aliphatic rings. The first-order chi connectivity index (χ1) is 12.5. The predicted octanol–water partition coefficient (Wildman–Crippen LogP) is 3.71. The Hall–Kier alpha value is -2.74. The summed E-state index contributed by atoms with van der Waals surface area (Å²) in [5, 5.41) is 0. The van der Waals surface area contributed by atoms with E-state index in [1.807, 2.05) is 6.07 Å². The number of furan rings is 1. The summed E-state index contributed by atoms with van der Waals surface area (Å²) in [7, 11) is 0. The maximum atomic E-state index is 12.6. The molecular weight excluding hydrogens is 345 g/mol. The number of alkyl halides is 3. The fourth-order valence-electron chi connectivity index (χ4n) is 2.98. The number of hydrogen-bond donors (Lipinski definition) is 0. The molecule has 0 spiro atoms. The van der Waals surface area contributed by atoms with E-state index in [1.165, 1.54) is 12.3 Å². The number of nitrogens with zero attached hydrogens (tertiary/aromatic N) is 4. The average Bonchev–Trinajstić information content (AvgIpc) is 3.16. The van der Waals surface area contributed by atoms with Gasteiger partial charge in [-0.1, -0.05) is 6.07 Å². The SMILES string of the molecule is FC(F)(F)c1ccc(CN2CCc3nc(-c4ccco4)ncc3C2)cn1. The third kappa shape index (κ3) is 3.45. The van der Waals surface area contributed by atoms with Crippen molar-refractivity contribution in [2.75, 3.05) is 6.54 Å². The van der Waals surface area contributed by atoms with Crippen LogP contribution in [0, 0.1) is 0 Å². The summed E-state index contributed by atoms with van der Waals surface area (Å²) in [5.74, 6) is 1.19. The fourth-order valence-corrected chi connectivity index (χ4v) is 2.98. The van der Waals surface area contributed by atoms with Crippen LogP contribution in [0.3, 0.4) is 0 Å². The van der Waals surface area contributed by atoms with Gasteiger partial charge in [-0.3, -0.25) is 9.88 Å². The fraction of sp³-hybridized carbons (Fsp3) is 0.278. The average molecular weight is 360 g/mol. The molecule has 1 aliphatic heterocycles. The van der Waals surface area contributed by atoms with E-state index in [9.17, 15) is 13.2 Å². The summed E-state index contributed by atoms with van der Waals surface area (Å²) < 4.78 is 43.1. The summed E-state index contributed by atoms with van der Waals surface area (Å²) in [5.41, 5.74) is 1.87. The zero-order chi connectivity index (χ0) is 18.1. The van der Waals surface area contributed by atoms with Crippen LogP contribution in [0.1, 0.15) is 22.5 Å². The lowest BCUT2D eigenvalue weighted by Gasteiger charge is -2.27. The zero-order valence-electron chi connectivity index (χ0n) is 13.7. The van der Waals surface area contributed by atoms with Crippen LogP contribution in [0.5, 0.6) is 0 Å². The molecule has 4 rings (SSSR count). The van der Waals surface area contributed by atoms with Gasteiger partial charge < -0.3 is 4.42 Å². The largest absolute Gasteiger partial charge is 0.461 e. The number of rotatable bonds is 3. The predicted molar refractivity (Wildman–Crippen MR) is 86.8 cm³/mol. The Kier molecular flexibility index (Phi) is 4.20. The summed E-state index contributed by atoms with van der Waals surface area (Å²) in [6, 6.07) is 6.10. The van der Waals surface area contributed by atoms with Crippen molar-refractivity contribution in [3.8, 4) is 11.6 Å². The molecule has 0 aromatic carbocycles. The second kappa shape index (κ2) is 6.53. The molecule has 0 radical (unpaired) electrons. The van der Waals surface area contributed by atoms with Gasteiger partial charge in [0, 0.05) is 44.0 Å². The summed E-state index contributed by atoms with van der Waals surface area (Å²) in [6.45, 7) is 1.95. The van der Waals surface area contributed by atoms with E-state index in [1.54, 1.807) is 18.5 Å². The number of hydrogen-bond acceptors (Lipinski definition) is 5. The van der Waals surface area contributed by atoms with Crippen molar-refractivity contribution in [3.05, 3.63) is 65.4 Å². The van der Waals surface area contributed by atoms with E-state index in [0.29, 0.717) is 24.7 Å². The number of fused-ring (bicyclic) bond motifs is 1. The van der Waals surface area contributed by atoms with Crippen LogP contribution < -0.4 is 0 Å². The highest BCUT2D eigenvalue weighted by atomic mass is 19.4. The first-order valence-electron chi connectivity index (χ1n) is 8.12. The molecule has 0 aliphatic carbocycles. The summed E-state index contributed by atoms with van der Waals surface area (Å²) in [6.07, 6.45) is 0.995. The number of aromatic nitrogens is 3. The molecule has 0 bridgehead atoms. The lowest BCUT2D eigenvalue weighted by Crippen LogP contribution is -2.31. The number of pyridine rings is 1. The van der Waals surface area contributed by atoms with E-state index in [0.717, 1.165) is 35.9 Å². The number of halogens is 3. The third-order valence-corrected chi connectivity index (χ3v) is 4.28. The zero-order valence-corrected chi connectivity index (χ0v) is 13.7. The summed E-state index contributed by atoms with van der Waals surface area (Å²) in [4.78, 5) is 14.6. The summed E-state index contributed by atoms with van der Waals surface area (Å²) >= 11 is 0. The van der Waals surface area contributed by atoms with Gasteiger partial charge in [0.05, 0.1) is 12.0 Å². The second-order valence-electron chi connectivity index (χ2n) is 6.15.